The van der Waals surface area contributed by atoms with Gasteiger partial charge in [-0.1, -0.05) is 6.92 Å². The van der Waals surface area contributed by atoms with E-state index in [1.54, 1.807) is 11.3 Å². The van der Waals surface area contributed by atoms with Crippen LogP contribution < -0.4 is 5.73 Å². The van der Waals surface area contributed by atoms with E-state index in [9.17, 15) is 0 Å². The number of hydrogen-bond donors (Lipinski definition) is 1. The Hall–Kier alpha value is -0.410. The summed E-state index contributed by atoms with van der Waals surface area (Å²) in [5, 5.41) is 1.13. The monoisotopic (exact) mass is 396 g/mol. The molecule has 0 amide bonds. The number of aliphatic imine (C=N–C) groups is 1. The summed E-state index contributed by atoms with van der Waals surface area (Å²) in [7, 11) is 0. The average Bonchev–Trinajstić information content (AvgIpc) is 2.83. The lowest BCUT2D eigenvalue weighted by molar-refractivity contribution is 0.0674. The van der Waals surface area contributed by atoms with E-state index in [1.807, 2.05) is 6.20 Å². The minimum absolute atomic E-state index is 0. The molecule has 108 valence electrons. The molecule has 7 heteroatoms. The van der Waals surface area contributed by atoms with E-state index in [1.165, 1.54) is 4.88 Å². The summed E-state index contributed by atoms with van der Waals surface area (Å²) >= 11 is 1.73. The lowest BCUT2D eigenvalue weighted by atomic mass is 10.2. The molecular formula is C12H21IN4OS. The van der Waals surface area contributed by atoms with Crippen LogP contribution >= 0.6 is 35.3 Å². The predicted molar refractivity (Wildman–Crippen MR) is 89.6 cm³/mol. The van der Waals surface area contributed by atoms with Crippen LogP contribution in [0.2, 0.25) is 0 Å². The summed E-state index contributed by atoms with van der Waals surface area (Å²) in [6, 6.07) is 0. The van der Waals surface area contributed by atoms with Gasteiger partial charge in [-0.15, -0.1) is 35.3 Å². The van der Waals surface area contributed by atoms with Crippen molar-refractivity contribution in [2.45, 2.75) is 19.8 Å². The Kier molecular flexibility index (Phi) is 7.01. The third-order valence-electron chi connectivity index (χ3n) is 2.92. The zero-order valence-electron chi connectivity index (χ0n) is 11.3. The largest absolute Gasteiger partial charge is 0.378 e. The van der Waals surface area contributed by atoms with Gasteiger partial charge in [0.25, 0.3) is 0 Å². The van der Waals surface area contributed by atoms with E-state index in [-0.39, 0.29) is 24.0 Å². The number of nitrogens with two attached hydrogens (primary N) is 1. The maximum atomic E-state index is 5.98. The first-order valence-corrected chi connectivity index (χ1v) is 7.03. The fourth-order valence-electron chi connectivity index (χ4n) is 1.80. The predicted octanol–water partition coefficient (Wildman–Crippen LogP) is 1.82. The molecule has 2 heterocycles. The third kappa shape index (κ3) is 4.88. The van der Waals surface area contributed by atoms with Crippen LogP contribution in [0, 0.1) is 6.92 Å². The van der Waals surface area contributed by atoms with Crippen LogP contribution in [0.15, 0.2) is 11.2 Å². The highest BCUT2D eigenvalue weighted by atomic mass is 127. The summed E-state index contributed by atoms with van der Waals surface area (Å²) < 4.78 is 5.29. The molecular weight excluding hydrogens is 375 g/mol. The average molecular weight is 396 g/mol. The normalized spacial score (nSPS) is 18.0. The van der Waals surface area contributed by atoms with Gasteiger partial charge in [0.15, 0.2) is 5.96 Å². The molecule has 0 aromatic carbocycles. The van der Waals surface area contributed by atoms with E-state index < -0.39 is 0 Å². The molecule has 1 unspecified atom stereocenters. The van der Waals surface area contributed by atoms with Gasteiger partial charge in [0.05, 0.1) is 24.8 Å². The highest BCUT2D eigenvalue weighted by Crippen LogP contribution is 2.21. The Labute approximate surface area is 135 Å². The minimum Gasteiger partial charge on any atom is -0.378 e. The minimum atomic E-state index is 0. The molecule has 1 atom stereocenters. The lowest BCUT2D eigenvalue weighted by Gasteiger charge is -2.27. The summed E-state index contributed by atoms with van der Waals surface area (Å²) in [4.78, 5) is 12.2. The van der Waals surface area contributed by atoms with Crippen LogP contribution in [0.5, 0.6) is 0 Å². The van der Waals surface area contributed by atoms with Crippen molar-refractivity contribution in [3.05, 3.63) is 16.1 Å². The van der Waals surface area contributed by atoms with Crippen LogP contribution in [0.4, 0.5) is 0 Å². The van der Waals surface area contributed by atoms with E-state index in [0.29, 0.717) is 18.4 Å². The molecule has 1 saturated heterocycles. The first-order chi connectivity index (χ1) is 8.66. The SMILES string of the molecule is Cc1cnc(C(C)CN=C(N)N2CCOCC2)s1.I. The van der Waals surface area contributed by atoms with Gasteiger partial charge >= 0.3 is 0 Å². The van der Waals surface area contributed by atoms with Gasteiger partial charge in [0.2, 0.25) is 0 Å². The molecule has 2 rings (SSSR count). The zero-order valence-corrected chi connectivity index (χ0v) is 14.5. The van der Waals surface area contributed by atoms with Gasteiger partial charge in [0, 0.05) is 30.1 Å². The van der Waals surface area contributed by atoms with Gasteiger partial charge in [0.1, 0.15) is 0 Å². The standard InChI is InChI=1S/C12H20N4OS.HI/c1-9(11-14-8-10(2)18-11)7-15-12(13)16-3-5-17-6-4-16;/h8-9H,3-7H2,1-2H3,(H2,13,15);1H. The van der Waals surface area contributed by atoms with E-state index in [4.69, 9.17) is 10.5 Å². The quantitative estimate of drug-likeness (QED) is 0.481. The van der Waals surface area contributed by atoms with Crippen molar-refractivity contribution in [1.82, 2.24) is 9.88 Å². The number of aryl methyl sites for hydroxylation is 1. The molecule has 0 bridgehead atoms. The fourth-order valence-corrected chi connectivity index (χ4v) is 2.62. The van der Waals surface area contributed by atoms with Crippen LogP contribution in [-0.4, -0.2) is 48.7 Å². The second-order valence-electron chi connectivity index (χ2n) is 4.51. The zero-order chi connectivity index (χ0) is 13.0. The molecule has 19 heavy (non-hydrogen) atoms. The second-order valence-corrected chi connectivity index (χ2v) is 5.77. The maximum Gasteiger partial charge on any atom is 0.191 e. The number of hydrogen-bond acceptors (Lipinski definition) is 4. The topological polar surface area (TPSA) is 63.7 Å². The van der Waals surface area contributed by atoms with Crippen LogP contribution in [-0.2, 0) is 4.74 Å². The highest BCUT2D eigenvalue weighted by molar-refractivity contribution is 14.0. The number of guanidine groups is 1. The number of aromatic nitrogens is 1. The van der Waals surface area contributed by atoms with Crippen molar-refractivity contribution >= 4 is 41.3 Å². The fraction of sp³-hybridized carbons (Fsp3) is 0.667. The van der Waals surface area contributed by atoms with Crippen molar-refractivity contribution < 1.29 is 4.74 Å². The number of nitrogens with zero attached hydrogens (tertiary/aromatic N) is 3. The number of rotatable bonds is 3. The van der Waals surface area contributed by atoms with Crippen LogP contribution in [0.25, 0.3) is 0 Å². The first kappa shape index (κ1) is 16.6. The van der Waals surface area contributed by atoms with Gasteiger partial charge in [-0.05, 0) is 6.92 Å². The Morgan fingerprint density at radius 1 is 1.58 bits per heavy atom. The van der Waals surface area contributed by atoms with Gasteiger partial charge in [-0.2, -0.15) is 0 Å². The summed E-state index contributed by atoms with van der Waals surface area (Å²) in [5.74, 6) is 0.946. The lowest BCUT2D eigenvalue weighted by Crippen LogP contribution is -2.45. The maximum absolute atomic E-state index is 5.98. The number of halogens is 1. The summed E-state index contributed by atoms with van der Waals surface area (Å²) in [6.45, 7) is 8.03. The Morgan fingerprint density at radius 3 is 2.84 bits per heavy atom. The van der Waals surface area contributed by atoms with E-state index in [2.05, 4.69) is 28.7 Å². The molecule has 0 aliphatic carbocycles. The second kappa shape index (κ2) is 8.01. The van der Waals surface area contributed by atoms with E-state index >= 15 is 0 Å². The Bertz CT molecular complexity index is 418. The summed E-state index contributed by atoms with van der Waals surface area (Å²) in [5.41, 5.74) is 5.98. The van der Waals surface area contributed by atoms with Gasteiger partial charge in [-0.25, -0.2) is 4.98 Å². The van der Waals surface area contributed by atoms with Crippen molar-refractivity contribution in [1.29, 1.82) is 0 Å². The first-order valence-electron chi connectivity index (χ1n) is 6.21. The molecule has 1 aliphatic rings. The molecule has 5 nitrogen and oxygen atoms in total. The van der Waals surface area contributed by atoms with Crippen LogP contribution in [0.1, 0.15) is 22.7 Å². The molecule has 1 fully saturated rings. The molecule has 2 N–H and O–H groups in total. The molecule has 0 spiro atoms. The van der Waals surface area contributed by atoms with Gasteiger partial charge in [-0.3, -0.25) is 4.99 Å². The van der Waals surface area contributed by atoms with Crippen LogP contribution in [0.3, 0.4) is 0 Å². The Balaban J connectivity index is 0.00000180. The van der Waals surface area contributed by atoms with Crippen molar-refractivity contribution in [2.24, 2.45) is 10.7 Å². The number of ether oxygens (including phenoxy) is 1. The van der Waals surface area contributed by atoms with Gasteiger partial charge < -0.3 is 15.4 Å². The molecule has 0 saturated carbocycles. The van der Waals surface area contributed by atoms with Crippen molar-refractivity contribution in [3.63, 3.8) is 0 Å². The highest BCUT2D eigenvalue weighted by Gasteiger charge is 2.13. The van der Waals surface area contributed by atoms with E-state index in [0.717, 1.165) is 31.3 Å². The molecule has 1 aromatic rings. The Morgan fingerprint density at radius 2 is 2.26 bits per heavy atom. The number of thiazole rings is 1. The summed E-state index contributed by atoms with van der Waals surface area (Å²) in [6.07, 6.45) is 1.91. The van der Waals surface area contributed by atoms with Crippen molar-refractivity contribution in [3.8, 4) is 0 Å². The number of morpholine rings is 1. The molecule has 0 radical (unpaired) electrons. The van der Waals surface area contributed by atoms with Crippen molar-refractivity contribution in [2.75, 3.05) is 32.8 Å². The third-order valence-corrected chi connectivity index (χ3v) is 4.07. The smallest absolute Gasteiger partial charge is 0.191 e. The molecule has 1 aliphatic heterocycles. The molecule has 1 aromatic heterocycles.